The highest BCUT2D eigenvalue weighted by molar-refractivity contribution is 5.49. The van der Waals surface area contributed by atoms with Gasteiger partial charge in [0.05, 0.1) is 0 Å². The van der Waals surface area contributed by atoms with E-state index < -0.39 is 0 Å². The van der Waals surface area contributed by atoms with Crippen LogP contribution < -0.4 is 5.73 Å². The van der Waals surface area contributed by atoms with Gasteiger partial charge in [-0.05, 0) is 12.1 Å². The fourth-order valence-electron chi connectivity index (χ4n) is 0.881. The Labute approximate surface area is 68.7 Å². The Balaban J connectivity index is 2.48. The molecule has 0 saturated carbocycles. The Morgan fingerprint density at radius 3 is 2.92 bits per heavy atom. The maximum Gasteiger partial charge on any atom is 0.182 e. The Morgan fingerprint density at radius 1 is 1.33 bits per heavy atom. The Kier molecular flexibility index (Phi) is 1.48. The van der Waals surface area contributed by atoms with Gasteiger partial charge < -0.3 is 5.73 Å². The summed E-state index contributed by atoms with van der Waals surface area (Å²) in [4.78, 5) is 8.01. The average Bonchev–Trinajstić information content (AvgIpc) is 2.56. The maximum absolute atomic E-state index is 5.48. The third-order valence-corrected chi connectivity index (χ3v) is 1.41. The van der Waals surface area contributed by atoms with Gasteiger partial charge in [-0.1, -0.05) is 0 Å². The molecule has 0 spiro atoms. The first-order valence-electron chi connectivity index (χ1n) is 3.45. The van der Waals surface area contributed by atoms with E-state index in [1.54, 1.807) is 24.5 Å². The molecule has 0 unspecified atom stereocenters. The van der Waals surface area contributed by atoms with Gasteiger partial charge in [0.1, 0.15) is 11.5 Å². The Morgan fingerprint density at radius 2 is 2.25 bits per heavy atom. The first kappa shape index (κ1) is 6.78. The third kappa shape index (κ3) is 1.12. The fourth-order valence-corrected chi connectivity index (χ4v) is 0.881. The highest BCUT2D eigenvalue weighted by Gasteiger charge is 2.01. The van der Waals surface area contributed by atoms with Crippen LogP contribution in [0.2, 0.25) is 0 Å². The summed E-state index contributed by atoms with van der Waals surface area (Å²) in [5.74, 6) is 0.985. The lowest BCUT2D eigenvalue weighted by Gasteiger charge is -1.94. The molecule has 2 aromatic rings. The van der Waals surface area contributed by atoms with Crippen molar-refractivity contribution in [1.29, 1.82) is 0 Å². The first-order chi connectivity index (χ1) is 5.86. The second-order valence-corrected chi connectivity index (χ2v) is 2.26. The predicted molar refractivity (Wildman–Crippen MR) is 44.0 cm³/mol. The van der Waals surface area contributed by atoms with E-state index in [0.717, 1.165) is 0 Å². The van der Waals surface area contributed by atoms with E-state index in [1.807, 2.05) is 0 Å². The van der Waals surface area contributed by atoms with Crippen LogP contribution in [0.4, 0.5) is 5.82 Å². The van der Waals surface area contributed by atoms with Crippen LogP contribution in [-0.4, -0.2) is 20.2 Å². The molecule has 2 aromatic heterocycles. The lowest BCUT2D eigenvalue weighted by atomic mass is 10.4. The van der Waals surface area contributed by atoms with E-state index in [0.29, 0.717) is 17.3 Å². The lowest BCUT2D eigenvalue weighted by molar-refractivity contribution is 1.07. The normalized spacial score (nSPS) is 10.0. The summed E-state index contributed by atoms with van der Waals surface area (Å²) in [5, 5.41) is 6.60. The minimum atomic E-state index is 0.447. The number of H-pyrrole nitrogens is 1. The molecule has 5 heteroatoms. The minimum absolute atomic E-state index is 0.447. The van der Waals surface area contributed by atoms with Crippen LogP contribution in [0.3, 0.4) is 0 Å². The van der Waals surface area contributed by atoms with E-state index in [1.165, 1.54) is 0 Å². The number of rotatable bonds is 1. The van der Waals surface area contributed by atoms with E-state index in [9.17, 15) is 0 Å². The lowest BCUT2D eigenvalue weighted by Crippen LogP contribution is -1.94. The van der Waals surface area contributed by atoms with Gasteiger partial charge in [0, 0.05) is 12.4 Å². The predicted octanol–water partition coefficient (Wildman–Crippen LogP) is 0.449. The van der Waals surface area contributed by atoms with Crippen LogP contribution in [0, 0.1) is 0 Å². The number of hydrogen-bond donors (Lipinski definition) is 2. The summed E-state index contributed by atoms with van der Waals surface area (Å²) in [5.41, 5.74) is 6.17. The van der Waals surface area contributed by atoms with E-state index in [2.05, 4.69) is 20.2 Å². The van der Waals surface area contributed by atoms with Crippen molar-refractivity contribution < 1.29 is 0 Å². The van der Waals surface area contributed by atoms with Gasteiger partial charge in [-0.2, -0.15) is 5.10 Å². The molecule has 0 aliphatic carbocycles. The molecule has 0 radical (unpaired) electrons. The standard InChI is InChI=1S/C7H7N5/c8-6-2-3-9-7(11-6)5-1-4-10-12-5/h1-4H,(H,10,12)(H2,8,9,11). The summed E-state index contributed by atoms with van der Waals surface area (Å²) >= 11 is 0. The zero-order valence-electron chi connectivity index (χ0n) is 6.23. The van der Waals surface area contributed by atoms with Crippen molar-refractivity contribution in [3.8, 4) is 11.5 Å². The molecule has 12 heavy (non-hydrogen) atoms. The van der Waals surface area contributed by atoms with Crippen molar-refractivity contribution in [2.45, 2.75) is 0 Å². The number of nitrogens with two attached hydrogens (primary N) is 1. The molecule has 0 fully saturated rings. The van der Waals surface area contributed by atoms with Gasteiger partial charge in [-0.15, -0.1) is 0 Å². The van der Waals surface area contributed by atoms with E-state index in [-0.39, 0.29) is 0 Å². The molecule has 60 valence electrons. The second kappa shape index (κ2) is 2.61. The topological polar surface area (TPSA) is 80.5 Å². The molecule has 2 rings (SSSR count). The monoisotopic (exact) mass is 161 g/mol. The van der Waals surface area contributed by atoms with Gasteiger partial charge in [-0.25, -0.2) is 9.97 Å². The smallest absolute Gasteiger partial charge is 0.182 e. The molecule has 0 aromatic carbocycles. The molecule has 0 aliphatic heterocycles. The number of nitrogens with zero attached hydrogens (tertiary/aromatic N) is 3. The van der Waals surface area contributed by atoms with E-state index >= 15 is 0 Å². The van der Waals surface area contributed by atoms with Crippen molar-refractivity contribution in [2.75, 3.05) is 5.73 Å². The summed E-state index contributed by atoms with van der Waals surface area (Å²) < 4.78 is 0. The minimum Gasteiger partial charge on any atom is -0.384 e. The summed E-state index contributed by atoms with van der Waals surface area (Å²) in [6, 6.07) is 3.42. The van der Waals surface area contributed by atoms with Crippen LogP contribution in [0.5, 0.6) is 0 Å². The highest BCUT2D eigenvalue weighted by atomic mass is 15.1. The fraction of sp³-hybridized carbons (Fsp3) is 0. The average molecular weight is 161 g/mol. The number of nitrogen functional groups attached to an aromatic ring is 1. The van der Waals surface area contributed by atoms with E-state index in [4.69, 9.17) is 5.73 Å². The molecular formula is C7H7N5. The summed E-state index contributed by atoms with van der Waals surface area (Å²) in [6.07, 6.45) is 3.31. The Hall–Kier alpha value is -1.91. The van der Waals surface area contributed by atoms with Gasteiger partial charge in [0.25, 0.3) is 0 Å². The van der Waals surface area contributed by atoms with Crippen LogP contribution >= 0.6 is 0 Å². The SMILES string of the molecule is Nc1ccnc(-c2cc[nH]n2)n1. The Bertz CT molecular complexity index is 367. The molecule has 0 atom stereocenters. The zero-order chi connectivity index (χ0) is 8.39. The van der Waals surface area contributed by atoms with Crippen molar-refractivity contribution in [3.63, 3.8) is 0 Å². The zero-order valence-corrected chi connectivity index (χ0v) is 6.23. The van der Waals surface area contributed by atoms with Crippen molar-refractivity contribution in [3.05, 3.63) is 24.5 Å². The second-order valence-electron chi connectivity index (χ2n) is 2.26. The largest absolute Gasteiger partial charge is 0.384 e. The van der Waals surface area contributed by atoms with Crippen molar-refractivity contribution >= 4 is 5.82 Å². The highest BCUT2D eigenvalue weighted by Crippen LogP contribution is 2.09. The molecule has 0 amide bonds. The van der Waals surface area contributed by atoms with Gasteiger partial charge >= 0.3 is 0 Å². The van der Waals surface area contributed by atoms with Crippen LogP contribution in [0.25, 0.3) is 11.5 Å². The molecule has 5 nitrogen and oxygen atoms in total. The molecule has 3 N–H and O–H groups in total. The number of hydrogen-bond acceptors (Lipinski definition) is 4. The first-order valence-corrected chi connectivity index (χ1v) is 3.45. The maximum atomic E-state index is 5.48. The van der Waals surface area contributed by atoms with Gasteiger partial charge in [0.15, 0.2) is 5.82 Å². The summed E-state index contributed by atoms with van der Waals surface area (Å²) in [6.45, 7) is 0. The third-order valence-electron chi connectivity index (χ3n) is 1.41. The van der Waals surface area contributed by atoms with Crippen LogP contribution in [-0.2, 0) is 0 Å². The molecule has 0 aliphatic rings. The number of anilines is 1. The number of aromatic nitrogens is 4. The van der Waals surface area contributed by atoms with Gasteiger partial charge in [0.2, 0.25) is 0 Å². The molecule has 0 bridgehead atoms. The van der Waals surface area contributed by atoms with Crippen LogP contribution in [0.1, 0.15) is 0 Å². The molecule has 2 heterocycles. The molecule has 0 saturated heterocycles. The van der Waals surface area contributed by atoms with Crippen molar-refractivity contribution in [1.82, 2.24) is 20.2 Å². The number of aromatic amines is 1. The van der Waals surface area contributed by atoms with Crippen LogP contribution in [0.15, 0.2) is 24.5 Å². The summed E-state index contributed by atoms with van der Waals surface area (Å²) in [7, 11) is 0. The number of nitrogens with one attached hydrogen (secondary N) is 1. The molecular weight excluding hydrogens is 154 g/mol. The quantitative estimate of drug-likeness (QED) is 0.636. The van der Waals surface area contributed by atoms with Gasteiger partial charge in [-0.3, -0.25) is 5.10 Å². The van der Waals surface area contributed by atoms with Crippen molar-refractivity contribution in [2.24, 2.45) is 0 Å².